The molecule has 5 N–H and O–H groups in total. The lowest BCUT2D eigenvalue weighted by molar-refractivity contribution is -0.137. The zero-order chi connectivity index (χ0) is 32.4. The Morgan fingerprint density at radius 1 is 1.14 bits per heavy atom. The molecule has 1 aliphatic rings. The number of carboxylic acid groups (broad SMARTS) is 1. The first-order valence-corrected chi connectivity index (χ1v) is 16.9. The van der Waals surface area contributed by atoms with E-state index in [0.717, 1.165) is 19.0 Å². The Labute approximate surface area is 253 Å². The van der Waals surface area contributed by atoms with Crippen molar-refractivity contribution < 1.29 is 37.2 Å². The van der Waals surface area contributed by atoms with Gasteiger partial charge in [-0.2, -0.15) is 13.2 Å². The molecule has 2 aromatic heterocycles. The molecule has 1 amide bonds. The van der Waals surface area contributed by atoms with Gasteiger partial charge in [0.15, 0.2) is 0 Å². The molecule has 0 saturated heterocycles. The highest BCUT2D eigenvalue weighted by atomic mass is 31.2. The number of hydrogen-bond donors (Lipinski definition) is 5. The van der Waals surface area contributed by atoms with Crippen LogP contribution < -0.4 is 21.3 Å². The highest BCUT2D eigenvalue weighted by Crippen LogP contribution is 2.43. The summed E-state index contributed by atoms with van der Waals surface area (Å²) < 4.78 is 60.5. The Balaban J connectivity index is 1.48. The molecule has 240 valence electrons. The number of amides is 1. The fourth-order valence-corrected chi connectivity index (χ4v) is 6.83. The molecule has 1 aliphatic carbocycles. The molecule has 11 nitrogen and oxygen atoms in total. The van der Waals surface area contributed by atoms with Gasteiger partial charge in [-0.3, -0.25) is 0 Å². The van der Waals surface area contributed by atoms with Crippen LogP contribution in [0.15, 0.2) is 24.5 Å². The van der Waals surface area contributed by atoms with Gasteiger partial charge in [0.05, 0.1) is 16.8 Å². The molecule has 44 heavy (non-hydrogen) atoms. The number of carbonyl (C=O) groups is 2. The number of carbonyl (C=O) groups excluding carboxylic acids is 1. The van der Waals surface area contributed by atoms with Crippen molar-refractivity contribution in [3.8, 4) is 11.3 Å². The van der Waals surface area contributed by atoms with Gasteiger partial charge in [-0.25, -0.2) is 19.6 Å². The van der Waals surface area contributed by atoms with E-state index in [1.54, 1.807) is 20.8 Å². The standard InChI is InChI=1S/C29H38F3N6O5P/c1-28(2,3)43-27(41)34-12-6-11-33-16-7-8-17(13-16)37-26-36-15-21(29(30,31)32)22(38-26)20-14-35-23-18(20)9-10-19(25(39)40)24(23)44(4,5)42/h9-10,14-17,33,35H,6-8,11-13H2,1-5H3,(H,34,41)(H,39,40)(H,36,37,38)/t16-,17-/m0/s1. The summed E-state index contributed by atoms with van der Waals surface area (Å²) in [5.74, 6) is -1.25. The van der Waals surface area contributed by atoms with E-state index in [1.165, 1.54) is 31.7 Å². The van der Waals surface area contributed by atoms with E-state index in [9.17, 15) is 32.4 Å². The Bertz CT molecular complexity index is 1580. The van der Waals surface area contributed by atoms with Crippen LogP contribution in [0.3, 0.4) is 0 Å². The van der Waals surface area contributed by atoms with E-state index < -0.39 is 36.5 Å². The molecule has 4 rings (SSSR count). The average molecular weight is 639 g/mol. The van der Waals surface area contributed by atoms with E-state index >= 15 is 0 Å². The van der Waals surface area contributed by atoms with Gasteiger partial charge in [0, 0.05) is 47.3 Å². The van der Waals surface area contributed by atoms with Gasteiger partial charge in [-0.1, -0.05) is 6.07 Å². The topological polar surface area (TPSA) is 158 Å². The summed E-state index contributed by atoms with van der Waals surface area (Å²) in [7, 11) is -3.15. The van der Waals surface area contributed by atoms with Crippen molar-refractivity contribution in [1.29, 1.82) is 0 Å². The SMILES string of the molecule is CC(C)(C)OC(=O)NCCCN[C@H]1CC[C@H](Nc2ncc(C(F)(F)F)c(-c3c[nH]c4c(P(C)(C)=O)c(C(=O)O)ccc34)n2)C1. The largest absolute Gasteiger partial charge is 0.478 e. The number of hydrogen-bond acceptors (Lipinski definition) is 8. The van der Waals surface area contributed by atoms with E-state index in [2.05, 4.69) is 30.9 Å². The van der Waals surface area contributed by atoms with E-state index in [0.29, 0.717) is 25.9 Å². The van der Waals surface area contributed by atoms with Crippen molar-refractivity contribution in [2.45, 2.75) is 70.3 Å². The molecule has 2 atom stereocenters. The number of alkyl halides is 3. The van der Waals surface area contributed by atoms with Gasteiger partial charge in [0.1, 0.15) is 18.3 Å². The number of aromatic carboxylic acids is 1. The molecule has 1 fully saturated rings. The predicted molar refractivity (Wildman–Crippen MR) is 162 cm³/mol. The number of nitrogens with zero attached hydrogens (tertiary/aromatic N) is 2. The van der Waals surface area contributed by atoms with Gasteiger partial charge in [0.2, 0.25) is 5.95 Å². The monoisotopic (exact) mass is 638 g/mol. The zero-order valence-electron chi connectivity index (χ0n) is 25.3. The predicted octanol–water partition coefficient (Wildman–Crippen LogP) is 5.43. The average Bonchev–Trinajstić information content (AvgIpc) is 3.52. The van der Waals surface area contributed by atoms with Crippen molar-refractivity contribution >= 4 is 41.4 Å². The number of anilines is 1. The molecule has 1 saturated carbocycles. The number of carboxylic acids is 1. The lowest BCUT2D eigenvalue weighted by Crippen LogP contribution is -2.35. The second kappa shape index (κ2) is 12.8. The summed E-state index contributed by atoms with van der Waals surface area (Å²) in [6.07, 6.45) is -0.159. The van der Waals surface area contributed by atoms with Gasteiger partial charge >= 0.3 is 18.2 Å². The molecule has 0 radical (unpaired) electrons. The second-order valence-corrected chi connectivity index (χ2v) is 15.4. The number of halogens is 3. The lowest BCUT2D eigenvalue weighted by Gasteiger charge is -2.20. The first kappa shape index (κ1) is 33.3. The minimum Gasteiger partial charge on any atom is -0.478 e. The fraction of sp³-hybridized carbons (Fsp3) is 0.517. The van der Waals surface area contributed by atoms with Gasteiger partial charge in [-0.05, 0) is 72.4 Å². The van der Waals surface area contributed by atoms with Crippen molar-refractivity contribution in [2.75, 3.05) is 31.7 Å². The smallest absolute Gasteiger partial charge is 0.419 e. The van der Waals surface area contributed by atoms with Crippen LogP contribution in [0.25, 0.3) is 22.2 Å². The molecule has 0 unspecified atom stereocenters. The van der Waals surface area contributed by atoms with Gasteiger partial charge in [0.25, 0.3) is 0 Å². The first-order chi connectivity index (χ1) is 20.4. The summed E-state index contributed by atoms with van der Waals surface area (Å²) in [6, 6.07) is 2.76. The second-order valence-electron chi connectivity index (χ2n) is 12.3. The molecule has 0 bridgehead atoms. The van der Waals surface area contributed by atoms with Crippen LogP contribution in [0.1, 0.15) is 62.4 Å². The van der Waals surface area contributed by atoms with Crippen LogP contribution in [-0.4, -0.2) is 76.2 Å². The lowest BCUT2D eigenvalue weighted by atomic mass is 10.0. The number of nitrogens with one attached hydrogen (secondary N) is 4. The normalized spacial score (nSPS) is 17.5. The van der Waals surface area contributed by atoms with Crippen LogP contribution >= 0.6 is 7.14 Å². The summed E-state index contributed by atoms with van der Waals surface area (Å²) in [4.78, 5) is 34.7. The Hall–Kier alpha value is -3.64. The van der Waals surface area contributed by atoms with Gasteiger partial charge in [-0.15, -0.1) is 0 Å². The van der Waals surface area contributed by atoms with E-state index in [4.69, 9.17) is 4.74 Å². The molecule has 0 aliphatic heterocycles. The van der Waals surface area contributed by atoms with Crippen LogP contribution in [0.4, 0.5) is 23.9 Å². The minimum absolute atomic E-state index is 0.0357. The van der Waals surface area contributed by atoms with Crippen LogP contribution in [0, 0.1) is 0 Å². The summed E-state index contributed by atoms with van der Waals surface area (Å²) in [5.41, 5.74) is -1.87. The summed E-state index contributed by atoms with van der Waals surface area (Å²) in [5, 5.41) is 19.3. The Kier molecular flexibility index (Phi) is 9.65. The van der Waals surface area contributed by atoms with Crippen molar-refractivity contribution in [2.24, 2.45) is 0 Å². The van der Waals surface area contributed by atoms with E-state index in [-0.39, 0.29) is 51.1 Å². The number of aromatic nitrogens is 3. The van der Waals surface area contributed by atoms with Crippen LogP contribution in [-0.2, 0) is 15.5 Å². The number of fused-ring (bicyclic) bond motifs is 1. The summed E-state index contributed by atoms with van der Waals surface area (Å²) in [6.45, 7) is 9.33. The molecule has 1 aromatic carbocycles. The van der Waals surface area contributed by atoms with Crippen molar-refractivity contribution in [3.63, 3.8) is 0 Å². The number of alkyl carbamates (subject to hydrolysis) is 1. The highest BCUT2D eigenvalue weighted by Gasteiger charge is 2.37. The minimum atomic E-state index is -4.76. The molecular weight excluding hydrogens is 600 g/mol. The van der Waals surface area contributed by atoms with Crippen molar-refractivity contribution in [3.05, 3.63) is 35.7 Å². The highest BCUT2D eigenvalue weighted by molar-refractivity contribution is 7.70. The first-order valence-electron chi connectivity index (χ1n) is 14.3. The molecule has 2 heterocycles. The van der Waals surface area contributed by atoms with Crippen molar-refractivity contribution in [1.82, 2.24) is 25.6 Å². The maximum absolute atomic E-state index is 14.1. The Morgan fingerprint density at radius 3 is 2.48 bits per heavy atom. The number of H-pyrrole nitrogens is 1. The number of ether oxygens (including phenoxy) is 1. The quantitative estimate of drug-likeness (QED) is 0.144. The number of rotatable bonds is 10. The fourth-order valence-electron chi connectivity index (χ4n) is 5.36. The molecule has 0 spiro atoms. The van der Waals surface area contributed by atoms with Gasteiger partial charge < -0.3 is 35.3 Å². The number of benzene rings is 1. The van der Waals surface area contributed by atoms with Crippen LogP contribution in [0.5, 0.6) is 0 Å². The maximum Gasteiger partial charge on any atom is 0.419 e. The zero-order valence-corrected chi connectivity index (χ0v) is 26.2. The van der Waals surface area contributed by atoms with E-state index in [1.807, 2.05) is 0 Å². The maximum atomic E-state index is 14.1. The molecule has 3 aromatic rings. The molecular formula is C29H38F3N6O5P. The Morgan fingerprint density at radius 2 is 1.84 bits per heavy atom. The third-order valence-electron chi connectivity index (χ3n) is 7.17. The summed E-state index contributed by atoms with van der Waals surface area (Å²) >= 11 is 0. The third-order valence-corrected chi connectivity index (χ3v) is 8.71. The third kappa shape index (κ3) is 8.09. The number of aromatic amines is 1. The van der Waals surface area contributed by atoms with Crippen LogP contribution in [0.2, 0.25) is 0 Å². The molecule has 15 heteroatoms.